The van der Waals surface area contributed by atoms with Crippen molar-refractivity contribution in [2.24, 2.45) is 0 Å². The van der Waals surface area contributed by atoms with Crippen LogP contribution < -0.4 is 0 Å². The lowest BCUT2D eigenvalue weighted by Crippen LogP contribution is -2.36. The van der Waals surface area contributed by atoms with Gasteiger partial charge in [0.15, 0.2) is 0 Å². The van der Waals surface area contributed by atoms with Crippen LogP contribution in [0.2, 0.25) is 0 Å². The zero-order chi connectivity index (χ0) is 18.4. The third-order valence-corrected chi connectivity index (χ3v) is 3.96. The number of nitrogens with zero attached hydrogens (tertiary/aromatic N) is 3. The molecule has 1 aliphatic rings. The molecule has 0 N–H and O–H groups in total. The van der Waals surface area contributed by atoms with Gasteiger partial charge in [0.05, 0.1) is 12.2 Å². The highest BCUT2D eigenvalue weighted by atomic mass is 16.6. The molecular weight excluding hydrogens is 318 g/mol. The summed E-state index contributed by atoms with van der Waals surface area (Å²) in [6.45, 7) is 6.59. The summed E-state index contributed by atoms with van der Waals surface area (Å²) in [4.78, 5) is 32.3. The van der Waals surface area contributed by atoms with Gasteiger partial charge < -0.3 is 14.5 Å². The Hall–Kier alpha value is -2.11. The van der Waals surface area contributed by atoms with E-state index in [0.717, 1.165) is 18.5 Å². The Labute approximate surface area is 150 Å². The van der Waals surface area contributed by atoms with Gasteiger partial charge in [-0.25, -0.2) is 4.79 Å². The maximum Gasteiger partial charge on any atom is 0.410 e. The zero-order valence-corrected chi connectivity index (χ0v) is 15.7. The monoisotopic (exact) mass is 347 g/mol. The standard InChI is InChI=1S/C19H29N3O3/c1-19(2,3)25-18(24)21(4)13-7-9-17(23)22(16-10-11-16)14-15-8-5-6-12-20-15/h5-6,8,12,16H,7,9-11,13-14H2,1-4H3. The Balaban J connectivity index is 1.78. The average Bonchev–Trinajstić information content (AvgIpc) is 3.36. The normalized spacial score (nSPS) is 14.1. The molecule has 2 rings (SSSR count). The maximum atomic E-state index is 12.6. The van der Waals surface area contributed by atoms with Gasteiger partial charge in [-0.2, -0.15) is 0 Å². The molecule has 0 atom stereocenters. The molecule has 2 amide bonds. The molecule has 1 heterocycles. The fourth-order valence-corrected chi connectivity index (χ4v) is 2.52. The summed E-state index contributed by atoms with van der Waals surface area (Å²) in [5.41, 5.74) is 0.403. The number of aromatic nitrogens is 1. The van der Waals surface area contributed by atoms with Gasteiger partial charge in [0.25, 0.3) is 0 Å². The highest BCUT2D eigenvalue weighted by Crippen LogP contribution is 2.28. The second-order valence-corrected chi connectivity index (χ2v) is 7.58. The predicted octanol–water partition coefficient (Wildman–Crippen LogP) is 3.22. The Morgan fingerprint density at radius 1 is 1.28 bits per heavy atom. The van der Waals surface area contributed by atoms with Crippen molar-refractivity contribution < 1.29 is 14.3 Å². The van der Waals surface area contributed by atoms with Gasteiger partial charge >= 0.3 is 6.09 Å². The molecule has 1 aromatic heterocycles. The Bertz CT molecular complexity index is 579. The molecule has 0 spiro atoms. The topological polar surface area (TPSA) is 62.7 Å². The van der Waals surface area contributed by atoms with Crippen LogP contribution >= 0.6 is 0 Å². The number of pyridine rings is 1. The van der Waals surface area contributed by atoms with E-state index in [0.29, 0.717) is 32.0 Å². The van der Waals surface area contributed by atoms with Crippen molar-refractivity contribution in [3.8, 4) is 0 Å². The molecule has 138 valence electrons. The minimum Gasteiger partial charge on any atom is -0.444 e. The van der Waals surface area contributed by atoms with Crippen LogP contribution in [0.3, 0.4) is 0 Å². The van der Waals surface area contributed by atoms with Crippen LogP contribution in [0.25, 0.3) is 0 Å². The van der Waals surface area contributed by atoms with E-state index in [1.807, 2.05) is 43.9 Å². The fraction of sp³-hybridized carbons (Fsp3) is 0.632. The third-order valence-electron chi connectivity index (χ3n) is 3.96. The minimum absolute atomic E-state index is 0.130. The minimum atomic E-state index is -0.507. The van der Waals surface area contributed by atoms with Crippen LogP contribution in [0.5, 0.6) is 0 Å². The summed E-state index contributed by atoms with van der Waals surface area (Å²) in [7, 11) is 1.70. The number of amides is 2. The lowest BCUT2D eigenvalue weighted by molar-refractivity contribution is -0.132. The third kappa shape index (κ3) is 6.72. The van der Waals surface area contributed by atoms with Gasteiger partial charge in [-0.3, -0.25) is 9.78 Å². The van der Waals surface area contributed by atoms with Crippen LogP contribution in [-0.2, 0) is 16.1 Å². The highest BCUT2D eigenvalue weighted by Gasteiger charge is 2.32. The molecule has 1 fully saturated rings. The molecule has 25 heavy (non-hydrogen) atoms. The molecule has 1 aromatic rings. The molecule has 6 nitrogen and oxygen atoms in total. The molecule has 0 unspecified atom stereocenters. The second-order valence-electron chi connectivity index (χ2n) is 7.58. The van der Waals surface area contributed by atoms with Crippen LogP contribution in [0.4, 0.5) is 4.79 Å². The molecule has 1 aliphatic carbocycles. The smallest absolute Gasteiger partial charge is 0.410 e. The number of carbonyl (C=O) groups excluding carboxylic acids is 2. The molecular formula is C19H29N3O3. The van der Waals surface area contributed by atoms with Crippen molar-refractivity contribution in [2.75, 3.05) is 13.6 Å². The van der Waals surface area contributed by atoms with E-state index < -0.39 is 5.60 Å². The SMILES string of the molecule is CN(CCCC(=O)N(Cc1ccccn1)C1CC1)C(=O)OC(C)(C)C. The summed E-state index contributed by atoms with van der Waals surface area (Å²) < 4.78 is 5.32. The first kappa shape index (κ1) is 19.2. The molecule has 0 saturated heterocycles. The van der Waals surface area contributed by atoms with Crippen LogP contribution in [-0.4, -0.2) is 52.0 Å². The number of hydrogen-bond acceptors (Lipinski definition) is 4. The van der Waals surface area contributed by atoms with Crippen molar-refractivity contribution in [3.63, 3.8) is 0 Å². The van der Waals surface area contributed by atoms with E-state index in [1.165, 1.54) is 4.90 Å². The number of hydrogen-bond donors (Lipinski definition) is 0. The highest BCUT2D eigenvalue weighted by molar-refractivity contribution is 5.77. The Kier molecular flexibility index (Phi) is 6.39. The summed E-state index contributed by atoms with van der Waals surface area (Å²) in [5, 5.41) is 0. The van der Waals surface area contributed by atoms with E-state index in [9.17, 15) is 9.59 Å². The zero-order valence-electron chi connectivity index (χ0n) is 15.7. The summed E-state index contributed by atoms with van der Waals surface area (Å²) >= 11 is 0. The maximum absolute atomic E-state index is 12.6. The molecule has 1 saturated carbocycles. The first-order valence-corrected chi connectivity index (χ1v) is 8.90. The molecule has 0 aromatic carbocycles. The van der Waals surface area contributed by atoms with Crippen molar-refractivity contribution in [1.29, 1.82) is 0 Å². The summed E-state index contributed by atoms with van der Waals surface area (Å²) in [6.07, 6.45) is 4.58. The van der Waals surface area contributed by atoms with Gasteiger partial charge in [-0.1, -0.05) is 6.07 Å². The fourth-order valence-electron chi connectivity index (χ4n) is 2.52. The van der Waals surface area contributed by atoms with Crippen LogP contribution in [0, 0.1) is 0 Å². The Morgan fingerprint density at radius 3 is 2.56 bits per heavy atom. The van der Waals surface area contributed by atoms with E-state index in [-0.39, 0.29) is 12.0 Å². The summed E-state index contributed by atoms with van der Waals surface area (Å²) in [5.74, 6) is 0.130. The second kappa shape index (κ2) is 8.32. The van der Waals surface area contributed by atoms with Gasteiger partial charge in [0.2, 0.25) is 5.91 Å². The van der Waals surface area contributed by atoms with Crippen molar-refractivity contribution >= 4 is 12.0 Å². The number of rotatable bonds is 7. The first-order chi connectivity index (χ1) is 11.8. The van der Waals surface area contributed by atoms with Crippen molar-refractivity contribution in [3.05, 3.63) is 30.1 Å². The summed E-state index contributed by atoms with van der Waals surface area (Å²) in [6, 6.07) is 6.10. The molecule has 0 radical (unpaired) electrons. The number of ether oxygens (including phenoxy) is 1. The van der Waals surface area contributed by atoms with Crippen molar-refractivity contribution in [1.82, 2.24) is 14.8 Å². The first-order valence-electron chi connectivity index (χ1n) is 8.90. The van der Waals surface area contributed by atoms with E-state index in [2.05, 4.69) is 4.98 Å². The quantitative estimate of drug-likeness (QED) is 0.760. The lowest BCUT2D eigenvalue weighted by Gasteiger charge is -2.25. The van der Waals surface area contributed by atoms with Crippen LogP contribution in [0.1, 0.15) is 52.1 Å². The molecule has 0 aliphatic heterocycles. The van der Waals surface area contributed by atoms with Gasteiger partial charge in [-0.05, 0) is 52.2 Å². The average molecular weight is 347 g/mol. The Morgan fingerprint density at radius 2 is 2.00 bits per heavy atom. The molecule has 0 bridgehead atoms. The molecule has 6 heteroatoms. The lowest BCUT2D eigenvalue weighted by atomic mass is 10.2. The van der Waals surface area contributed by atoms with Crippen LogP contribution in [0.15, 0.2) is 24.4 Å². The van der Waals surface area contributed by atoms with Crippen molar-refractivity contribution in [2.45, 2.75) is 64.6 Å². The number of carbonyl (C=O) groups is 2. The van der Waals surface area contributed by atoms with Gasteiger partial charge in [-0.15, -0.1) is 0 Å². The predicted molar refractivity (Wildman–Crippen MR) is 95.9 cm³/mol. The largest absolute Gasteiger partial charge is 0.444 e. The van der Waals surface area contributed by atoms with Gasteiger partial charge in [0.1, 0.15) is 5.60 Å². The van der Waals surface area contributed by atoms with E-state index in [4.69, 9.17) is 4.74 Å². The van der Waals surface area contributed by atoms with E-state index in [1.54, 1.807) is 13.2 Å². The van der Waals surface area contributed by atoms with E-state index >= 15 is 0 Å². The van der Waals surface area contributed by atoms with Gasteiger partial charge in [0, 0.05) is 32.3 Å².